The monoisotopic (exact) mass is 244 g/mol. The first kappa shape index (κ1) is 14.9. The van der Waals surface area contributed by atoms with Gasteiger partial charge in [0.25, 0.3) is 0 Å². The van der Waals surface area contributed by atoms with Gasteiger partial charge in [0.1, 0.15) is 0 Å². The number of ether oxygens (including phenoxy) is 2. The Hall–Kier alpha value is -0.160. The normalized spacial score (nSPS) is 28.6. The molecule has 0 saturated carbocycles. The molecule has 1 N–H and O–H groups in total. The average Bonchev–Trinajstić information content (AvgIpc) is 2.66. The molecule has 0 spiro atoms. The number of hydrogen-bond donors (Lipinski definition) is 1. The van der Waals surface area contributed by atoms with Gasteiger partial charge in [-0.1, -0.05) is 20.8 Å². The number of likely N-dealkylation sites (N-methyl/N-ethyl adjacent to an activating group) is 1. The fourth-order valence-electron chi connectivity index (χ4n) is 2.48. The van der Waals surface area contributed by atoms with E-state index < -0.39 is 0 Å². The summed E-state index contributed by atoms with van der Waals surface area (Å²) < 4.78 is 10.9. The van der Waals surface area contributed by atoms with E-state index in [-0.39, 0.29) is 17.6 Å². The molecule has 1 aliphatic rings. The summed E-state index contributed by atoms with van der Waals surface area (Å²) in [5.74, 6) is 0. The third-order valence-corrected chi connectivity index (χ3v) is 3.73. The zero-order valence-corrected chi connectivity index (χ0v) is 12.1. The van der Waals surface area contributed by atoms with E-state index in [9.17, 15) is 0 Å². The van der Waals surface area contributed by atoms with E-state index >= 15 is 0 Å². The number of methoxy groups -OCH3 is 2. The minimum absolute atomic E-state index is 0.206. The molecular formula is C13H28N2O2. The van der Waals surface area contributed by atoms with Crippen molar-refractivity contribution in [3.05, 3.63) is 0 Å². The zero-order valence-electron chi connectivity index (χ0n) is 12.1. The molecule has 1 fully saturated rings. The Bertz CT molecular complexity index is 216. The molecule has 0 aromatic rings. The van der Waals surface area contributed by atoms with Crippen LogP contribution in [-0.4, -0.2) is 64.1 Å². The molecule has 4 heteroatoms. The van der Waals surface area contributed by atoms with Gasteiger partial charge in [-0.2, -0.15) is 0 Å². The molecule has 0 bridgehead atoms. The van der Waals surface area contributed by atoms with Crippen molar-refractivity contribution in [2.45, 2.75) is 39.0 Å². The lowest BCUT2D eigenvalue weighted by Crippen LogP contribution is -2.47. The van der Waals surface area contributed by atoms with Gasteiger partial charge in [0.05, 0.1) is 12.2 Å². The Balaban J connectivity index is 2.53. The highest BCUT2D eigenvalue weighted by Crippen LogP contribution is 2.22. The SMILES string of the molecule is CNC(CN1CC(OC)C(OC)C1)C(C)(C)C. The van der Waals surface area contributed by atoms with Gasteiger partial charge in [0, 0.05) is 39.9 Å². The fraction of sp³-hybridized carbons (Fsp3) is 1.00. The van der Waals surface area contributed by atoms with Crippen molar-refractivity contribution >= 4 is 0 Å². The van der Waals surface area contributed by atoms with Crippen molar-refractivity contribution in [1.82, 2.24) is 10.2 Å². The first-order chi connectivity index (χ1) is 7.92. The Labute approximate surface area is 106 Å². The molecule has 0 amide bonds. The van der Waals surface area contributed by atoms with Gasteiger partial charge in [-0.3, -0.25) is 4.90 Å². The van der Waals surface area contributed by atoms with E-state index in [1.54, 1.807) is 14.2 Å². The second kappa shape index (κ2) is 6.14. The van der Waals surface area contributed by atoms with Crippen LogP contribution in [0.5, 0.6) is 0 Å². The van der Waals surface area contributed by atoms with E-state index in [4.69, 9.17) is 9.47 Å². The van der Waals surface area contributed by atoms with Crippen molar-refractivity contribution in [3.63, 3.8) is 0 Å². The molecule has 1 heterocycles. The van der Waals surface area contributed by atoms with Crippen molar-refractivity contribution in [2.24, 2.45) is 5.41 Å². The number of nitrogens with zero attached hydrogens (tertiary/aromatic N) is 1. The van der Waals surface area contributed by atoms with Gasteiger partial charge in [0.2, 0.25) is 0 Å². The first-order valence-electron chi connectivity index (χ1n) is 6.37. The van der Waals surface area contributed by atoms with Crippen LogP contribution in [0.1, 0.15) is 20.8 Å². The topological polar surface area (TPSA) is 33.7 Å². The maximum Gasteiger partial charge on any atom is 0.0971 e. The van der Waals surface area contributed by atoms with Crippen LogP contribution in [0.15, 0.2) is 0 Å². The van der Waals surface area contributed by atoms with E-state index in [1.807, 2.05) is 7.05 Å². The molecule has 0 radical (unpaired) electrons. The van der Waals surface area contributed by atoms with Crippen LogP contribution in [-0.2, 0) is 9.47 Å². The van der Waals surface area contributed by atoms with E-state index in [2.05, 4.69) is 31.0 Å². The third-order valence-electron chi connectivity index (χ3n) is 3.73. The van der Waals surface area contributed by atoms with Gasteiger partial charge in [-0.05, 0) is 12.5 Å². The largest absolute Gasteiger partial charge is 0.377 e. The summed E-state index contributed by atoms with van der Waals surface area (Å²) in [6.45, 7) is 9.77. The smallest absolute Gasteiger partial charge is 0.0971 e. The Morgan fingerprint density at radius 2 is 1.65 bits per heavy atom. The van der Waals surface area contributed by atoms with Crippen LogP contribution < -0.4 is 5.32 Å². The molecular weight excluding hydrogens is 216 g/mol. The van der Waals surface area contributed by atoms with Gasteiger partial charge in [-0.25, -0.2) is 0 Å². The minimum Gasteiger partial charge on any atom is -0.377 e. The molecule has 1 aliphatic heterocycles. The van der Waals surface area contributed by atoms with Gasteiger partial charge < -0.3 is 14.8 Å². The predicted molar refractivity (Wildman–Crippen MR) is 70.3 cm³/mol. The maximum absolute atomic E-state index is 5.46. The second-order valence-electron chi connectivity index (χ2n) is 5.97. The molecule has 4 nitrogen and oxygen atoms in total. The van der Waals surface area contributed by atoms with Gasteiger partial charge >= 0.3 is 0 Å². The molecule has 0 aromatic carbocycles. The quantitative estimate of drug-likeness (QED) is 0.781. The molecule has 3 atom stereocenters. The molecule has 102 valence electrons. The highest BCUT2D eigenvalue weighted by atomic mass is 16.5. The molecule has 0 aliphatic carbocycles. The van der Waals surface area contributed by atoms with Crippen molar-refractivity contribution in [1.29, 1.82) is 0 Å². The van der Waals surface area contributed by atoms with Crippen molar-refractivity contribution in [3.8, 4) is 0 Å². The molecule has 1 rings (SSSR count). The first-order valence-corrected chi connectivity index (χ1v) is 6.37. The van der Waals surface area contributed by atoms with Gasteiger partial charge in [-0.15, -0.1) is 0 Å². The minimum atomic E-state index is 0.206. The van der Waals surface area contributed by atoms with Crippen molar-refractivity contribution in [2.75, 3.05) is 40.9 Å². The lowest BCUT2D eigenvalue weighted by molar-refractivity contribution is -0.00461. The number of nitrogens with one attached hydrogen (secondary N) is 1. The summed E-state index contributed by atoms with van der Waals surface area (Å²) in [6, 6.07) is 0.482. The molecule has 3 unspecified atom stereocenters. The summed E-state index contributed by atoms with van der Waals surface area (Å²) in [6.07, 6.45) is 0.412. The van der Waals surface area contributed by atoms with Crippen LogP contribution in [0.3, 0.4) is 0 Å². The lowest BCUT2D eigenvalue weighted by atomic mass is 9.86. The summed E-state index contributed by atoms with van der Waals surface area (Å²) in [4.78, 5) is 2.43. The molecule has 17 heavy (non-hydrogen) atoms. The van der Waals surface area contributed by atoms with E-state index in [1.165, 1.54) is 0 Å². The Kier molecular flexibility index (Phi) is 5.38. The van der Waals surface area contributed by atoms with E-state index in [0.29, 0.717) is 6.04 Å². The van der Waals surface area contributed by atoms with Crippen LogP contribution in [0.25, 0.3) is 0 Å². The molecule has 0 aromatic heterocycles. The van der Waals surface area contributed by atoms with Crippen LogP contribution >= 0.6 is 0 Å². The summed E-state index contributed by atoms with van der Waals surface area (Å²) in [5, 5.41) is 3.41. The molecule has 1 saturated heterocycles. The maximum atomic E-state index is 5.46. The summed E-state index contributed by atoms with van der Waals surface area (Å²) in [5.41, 5.74) is 0.266. The van der Waals surface area contributed by atoms with Gasteiger partial charge in [0.15, 0.2) is 0 Å². The summed E-state index contributed by atoms with van der Waals surface area (Å²) in [7, 11) is 5.56. The predicted octanol–water partition coefficient (Wildman–Crippen LogP) is 0.966. The van der Waals surface area contributed by atoms with E-state index in [0.717, 1.165) is 19.6 Å². The number of likely N-dealkylation sites (tertiary alicyclic amines) is 1. The second-order valence-corrected chi connectivity index (χ2v) is 5.97. The third kappa shape index (κ3) is 3.91. The van der Waals surface area contributed by atoms with Crippen LogP contribution in [0.2, 0.25) is 0 Å². The highest BCUT2D eigenvalue weighted by molar-refractivity contribution is 4.90. The number of hydrogen-bond acceptors (Lipinski definition) is 4. The number of rotatable bonds is 5. The van der Waals surface area contributed by atoms with Crippen LogP contribution in [0.4, 0.5) is 0 Å². The lowest BCUT2D eigenvalue weighted by Gasteiger charge is -2.33. The van der Waals surface area contributed by atoms with Crippen molar-refractivity contribution < 1.29 is 9.47 Å². The summed E-state index contributed by atoms with van der Waals surface area (Å²) >= 11 is 0. The highest BCUT2D eigenvalue weighted by Gasteiger charge is 2.35. The van der Waals surface area contributed by atoms with Crippen LogP contribution in [0, 0.1) is 5.41 Å². The fourth-order valence-corrected chi connectivity index (χ4v) is 2.48. The Morgan fingerprint density at radius 3 is 1.94 bits per heavy atom. The zero-order chi connectivity index (χ0) is 13.1. The average molecular weight is 244 g/mol. The Morgan fingerprint density at radius 1 is 1.18 bits per heavy atom. The standard InChI is InChI=1S/C13H28N2O2/c1-13(2,3)12(14-4)9-15-7-10(16-5)11(8-15)17-6/h10-12,14H,7-9H2,1-6H3.